The number of nitrogens with one attached hydrogen (secondary N) is 1. The van der Waals surface area contributed by atoms with E-state index < -0.39 is 19.9 Å². The average molecular weight is 544 g/mol. The summed E-state index contributed by atoms with van der Waals surface area (Å²) in [4.78, 5) is 11.3. The molecule has 0 aliphatic carbocycles. The summed E-state index contributed by atoms with van der Waals surface area (Å²) in [5, 5.41) is 0. The van der Waals surface area contributed by atoms with Gasteiger partial charge in [-0.25, -0.2) is 21.6 Å². The van der Waals surface area contributed by atoms with E-state index in [0.29, 0.717) is 16.7 Å². The van der Waals surface area contributed by atoms with Gasteiger partial charge in [-0.2, -0.15) is 11.8 Å². The van der Waals surface area contributed by atoms with Gasteiger partial charge in [0, 0.05) is 23.8 Å². The highest BCUT2D eigenvalue weighted by Crippen LogP contribution is 2.26. The number of carbonyl (C=O) groups is 1. The molecule has 0 fully saturated rings. The van der Waals surface area contributed by atoms with E-state index in [-0.39, 0.29) is 10.9 Å². The SMILES string of the molecule is CC(C)NS(=O)(=O)/C(=C\C=O)c1ccc(CSCc2ccc(-c3cccc(S(C)(=O)=O)c3)cc2)cc1. The van der Waals surface area contributed by atoms with Crippen molar-refractivity contribution in [1.82, 2.24) is 4.72 Å². The van der Waals surface area contributed by atoms with Crippen LogP contribution in [-0.4, -0.2) is 35.4 Å². The Morgan fingerprint density at radius 2 is 1.44 bits per heavy atom. The zero-order chi connectivity index (χ0) is 26.3. The topological polar surface area (TPSA) is 97.4 Å². The van der Waals surface area contributed by atoms with Crippen molar-refractivity contribution >= 4 is 42.8 Å². The molecule has 9 heteroatoms. The minimum atomic E-state index is -3.79. The minimum absolute atomic E-state index is 0.0486. The van der Waals surface area contributed by atoms with Crippen LogP contribution in [0.4, 0.5) is 0 Å². The molecule has 0 aliphatic rings. The highest BCUT2D eigenvalue weighted by Gasteiger charge is 2.20. The number of benzene rings is 3. The number of thioether (sulfide) groups is 1. The molecule has 0 radical (unpaired) electrons. The first-order valence-corrected chi connectivity index (χ1v) is 15.8. The van der Waals surface area contributed by atoms with E-state index in [4.69, 9.17) is 0 Å². The first kappa shape index (κ1) is 27.9. The Morgan fingerprint density at radius 3 is 1.97 bits per heavy atom. The van der Waals surface area contributed by atoms with Gasteiger partial charge in [0.1, 0.15) is 6.29 Å². The zero-order valence-electron chi connectivity index (χ0n) is 20.3. The van der Waals surface area contributed by atoms with Gasteiger partial charge in [0.05, 0.1) is 9.80 Å². The number of allylic oxidation sites excluding steroid dienone is 1. The molecule has 3 aromatic rings. The fraction of sp³-hybridized carbons (Fsp3) is 0.222. The Balaban J connectivity index is 1.62. The molecule has 0 aliphatic heterocycles. The summed E-state index contributed by atoms with van der Waals surface area (Å²) < 4.78 is 51.2. The largest absolute Gasteiger partial charge is 0.299 e. The molecular weight excluding hydrogens is 515 g/mol. The maximum Gasteiger partial charge on any atom is 0.241 e. The van der Waals surface area contributed by atoms with Crippen LogP contribution in [0.1, 0.15) is 30.5 Å². The standard InChI is InChI=1S/C27H29NO5S3/c1-20(2)28-36(32,33)27(15-16-29)24-13-9-22(10-14-24)19-34-18-21-7-11-23(12-8-21)25-5-4-6-26(17-25)35(3,30)31/h4-17,20,28H,18-19H2,1-3H3/b27-15-. The van der Waals surface area contributed by atoms with Crippen LogP contribution < -0.4 is 4.72 Å². The first-order chi connectivity index (χ1) is 17.0. The van der Waals surface area contributed by atoms with E-state index in [1.54, 1.807) is 55.9 Å². The molecule has 0 aromatic heterocycles. The Labute approximate surface area is 217 Å². The van der Waals surface area contributed by atoms with Gasteiger partial charge in [0.15, 0.2) is 9.84 Å². The third kappa shape index (κ3) is 7.64. The third-order valence-electron chi connectivity index (χ3n) is 5.23. The lowest BCUT2D eigenvalue weighted by Gasteiger charge is -2.13. The third-order valence-corrected chi connectivity index (χ3v) is 9.14. The number of hydrogen-bond donors (Lipinski definition) is 1. The molecule has 0 saturated carbocycles. The van der Waals surface area contributed by atoms with Crippen molar-refractivity contribution in [2.45, 2.75) is 36.3 Å². The van der Waals surface area contributed by atoms with Gasteiger partial charge >= 0.3 is 0 Å². The minimum Gasteiger partial charge on any atom is -0.299 e. The molecule has 0 atom stereocenters. The van der Waals surface area contributed by atoms with Gasteiger partial charge in [0.2, 0.25) is 10.0 Å². The molecule has 0 saturated heterocycles. The lowest BCUT2D eigenvalue weighted by molar-refractivity contribution is -0.104. The second-order valence-electron chi connectivity index (χ2n) is 8.63. The number of rotatable bonds is 11. The molecule has 3 aromatic carbocycles. The quantitative estimate of drug-likeness (QED) is 0.268. The van der Waals surface area contributed by atoms with E-state index in [1.807, 2.05) is 42.5 Å². The molecule has 190 valence electrons. The normalized spacial score (nSPS) is 12.6. The molecular formula is C27H29NO5S3. The van der Waals surface area contributed by atoms with E-state index in [0.717, 1.165) is 39.8 Å². The highest BCUT2D eigenvalue weighted by atomic mass is 32.2. The Morgan fingerprint density at radius 1 is 0.861 bits per heavy atom. The summed E-state index contributed by atoms with van der Waals surface area (Å²) in [6.45, 7) is 3.45. The lowest BCUT2D eigenvalue weighted by atomic mass is 10.0. The fourth-order valence-electron chi connectivity index (χ4n) is 3.53. The molecule has 0 unspecified atom stereocenters. The van der Waals surface area contributed by atoms with Gasteiger partial charge in [-0.05, 0) is 59.9 Å². The molecule has 36 heavy (non-hydrogen) atoms. The first-order valence-electron chi connectivity index (χ1n) is 11.2. The van der Waals surface area contributed by atoms with Crippen molar-refractivity contribution in [2.75, 3.05) is 6.26 Å². The number of sulfonamides is 1. The maximum absolute atomic E-state index is 12.6. The Hall–Kier alpha value is -2.72. The van der Waals surface area contributed by atoms with Crippen molar-refractivity contribution in [1.29, 1.82) is 0 Å². The Bertz CT molecular complexity index is 1440. The molecule has 0 bridgehead atoms. The highest BCUT2D eigenvalue weighted by molar-refractivity contribution is 7.99. The number of hydrogen-bond acceptors (Lipinski definition) is 6. The predicted molar refractivity (Wildman–Crippen MR) is 148 cm³/mol. The molecule has 1 N–H and O–H groups in total. The smallest absolute Gasteiger partial charge is 0.241 e. The van der Waals surface area contributed by atoms with Crippen LogP contribution in [0.3, 0.4) is 0 Å². The van der Waals surface area contributed by atoms with Crippen molar-refractivity contribution in [3.8, 4) is 11.1 Å². The van der Waals surface area contributed by atoms with E-state index in [9.17, 15) is 21.6 Å². The van der Waals surface area contributed by atoms with E-state index in [1.165, 1.54) is 6.26 Å². The molecule has 0 heterocycles. The summed E-state index contributed by atoms with van der Waals surface area (Å²) >= 11 is 1.72. The fourth-order valence-corrected chi connectivity index (χ4v) is 6.58. The second kappa shape index (κ2) is 12.0. The lowest BCUT2D eigenvalue weighted by Crippen LogP contribution is -2.30. The van der Waals surface area contributed by atoms with Crippen molar-refractivity contribution in [3.63, 3.8) is 0 Å². The Kier molecular flexibility index (Phi) is 9.30. The van der Waals surface area contributed by atoms with Crippen LogP contribution in [0, 0.1) is 0 Å². The van der Waals surface area contributed by atoms with Crippen LogP contribution in [0.5, 0.6) is 0 Å². The van der Waals surface area contributed by atoms with Crippen molar-refractivity contribution in [3.05, 3.63) is 95.6 Å². The summed E-state index contributed by atoms with van der Waals surface area (Å²) in [5.41, 5.74) is 4.44. The molecule has 0 spiro atoms. The average Bonchev–Trinajstić information content (AvgIpc) is 2.82. The monoisotopic (exact) mass is 543 g/mol. The summed E-state index contributed by atoms with van der Waals surface area (Å²) in [7, 11) is -7.05. The van der Waals surface area contributed by atoms with Crippen LogP contribution in [0.15, 0.2) is 83.8 Å². The number of aldehydes is 1. The number of carbonyl (C=O) groups excluding carboxylic acids is 1. The second-order valence-corrected chi connectivity index (χ2v) is 13.3. The van der Waals surface area contributed by atoms with Gasteiger partial charge in [0.25, 0.3) is 0 Å². The van der Waals surface area contributed by atoms with E-state index in [2.05, 4.69) is 4.72 Å². The van der Waals surface area contributed by atoms with Gasteiger partial charge in [-0.1, -0.05) is 60.7 Å². The predicted octanol–water partition coefficient (Wildman–Crippen LogP) is 5.06. The van der Waals surface area contributed by atoms with Crippen molar-refractivity contribution in [2.24, 2.45) is 0 Å². The zero-order valence-corrected chi connectivity index (χ0v) is 22.8. The summed E-state index contributed by atoms with van der Waals surface area (Å²) in [5.74, 6) is 1.52. The van der Waals surface area contributed by atoms with Gasteiger partial charge in [-0.3, -0.25) is 4.79 Å². The maximum atomic E-state index is 12.6. The molecule has 6 nitrogen and oxygen atoms in total. The molecule has 0 amide bonds. The van der Waals surface area contributed by atoms with Gasteiger partial charge < -0.3 is 0 Å². The van der Waals surface area contributed by atoms with Crippen LogP contribution in [0.2, 0.25) is 0 Å². The number of sulfone groups is 1. The van der Waals surface area contributed by atoms with Crippen LogP contribution >= 0.6 is 11.8 Å². The molecule has 3 rings (SSSR count). The summed E-state index contributed by atoms with van der Waals surface area (Å²) in [6, 6.07) is 21.8. The van der Waals surface area contributed by atoms with Crippen molar-refractivity contribution < 1.29 is 21.6 Å². The van der Waals surface area contributed by atoms with Crippen LogP contribution in [0.25, 0.3) is 16.0 Å². The van der Waals surface area contributed by atoms with Crippen LogP contribution in [-0.2, 0) is 36.2 Å². The summed E-state index contributed by atoms with van der Waals surface area (Å²) in [6.07, 6.45) is 2.74. The van der Waals surface area contributed by atoms with E-state index >= 15 is 0 Å². The van der Waals surface area contributed by atoms with Gasteiger partial charge in [-0.15, -0.1) is 0 Å².